The van der Waals surface area contributed by atoms with E-state index in [2.05, 4.69) is 71.9 Å². The average molecular weight is 451 g/mol. The van der Waals surface area contributed by atoms with E-state index in [1.54, 1.807) is 14.2 Å². The van der Waals surface area contributed by atoms with Gasteiger partial charge < -0.3 is 14.6 Å². The third-order valence-corrected chi connectivity index (χ3v) is 8.59. The minimum absolute atomic E-state index is 0.182. The maximum absolute atomic E-state index is 11.6. The van der Waals surface area contributed by atoms with Crippen molar-refractivity contribution in [3.63, 3.8) is 0 Å². The van der Waals surface area contributed by atoms with E-state index in [0.717, 1.165) is 27.7 Å². The van der Waals surface area contributed by atoms with Crippen LogP contribution in [-0.4, -0.2) is 19.3 Å². The Balaban J connectivity index is 2.48. The number of phenolic OH excluding ortho intramolecular Hbond substituents is 1. The van der Waals surface area contributed by atoms with E-state index in [1.165, 1.54) is 16.4 Å². The molecule has 3 aromatic carbocycles. The number of ether oxygens (including phenoxy) is 2. The zero-order valence-electron chi connectivity index (χ0n) is 20.5. The summed E-state index contributed by atoms with van der Waals surface area (Å²) in [4.78, 5) is 0. The Kier molecular flexibility index (Phi) is 7.20. The van der Waals surface area contributed by atoms with E-state index in [0.29, 0.717) is 11.7 Å². The molecule has 32 heavy (non-hydrogen) atoms. The van der Waals surface area contributed by atoms with Crippen LogP contribution in [0, 0.1) is 6.92 Å². The van der Waals surface area contributed by atoms with Crippen molar-refractivity contribution in [1.29, 1.82) is 0 Å². The van der Waals surface area contributed by atoms with E-state index in [1.807, 2.05) is 24.3 Å². The second kappa shape index (κ2) is 9.55. The fraction of sp³-hybridized carbons (Fsp3) is 0.357. The Morgan fingerprint density at radius 1 is 0.812 bits per heavy atom. The van der Waals surface area contributed by atoms with Crippen molar-refractivity contribution in [1.82, 2.24) is 0 Å². The lowest BCUT2D eigenvalue weighted by atomic mass is 9.86. The molecule has 0 bridgehead atoms. The Morgan fingerprint density at radius 3 is 1.91 bits per heavy atom. The summed E-state index contributed by atoms with van der Waals surface area (Å²) in [6.07, 6.45) is 0. The molecule has 0 aliphatic carbocycles. The van der Waals surface area contributed by atoms with Gasteiger partial charge in [0.1, 0.15) is 17.2 Å². The fourth-order valence-corrected chi connectivity index (χ4v) is 7.24. The maximum Gasteiger partial charge on any atom is 0.130 e. The van der Waals surface area contributed by atoms with Gasteiger partial charge in [-0.2, -0.15) is 0 Å². The highest BCUT2D eigenvalue weighted by Crippen LogP contribution is 2.46. The second-order valence-corrected chi connectivity index (χ2v) is 11.5. The molecule has 0 aromatic heterocycles. The molecule has 3 nitrogen and oxygen atoms in total. The summed E-state index contributed by atoms with van der Waals surface area (Å²) >= 11 is 0. The number of aromatic hydroxyl groups is 1. The average Bonchev–Trinajstić information content (AvgIpc) is 2.74. The van der Waals surface area contributed by atoms with Gasteiger partial charge in [0.05, 0.1) is 19.5 Å². The molecule has 170 valence electrons. The van der Waals surface area contributed by atoms with Crippen molar-refractivity contribution >= 4 is 23.8 Å². The lowest BCUT2D eigenvalue weighted by Gasteiger charge is -2.30. The Hall–Kier alpha value is -2.51. The van der Waals surface area contributed by atoms with Gasteiger partial charge in [-0.05, 0) is 60.3 Å². The standard InChI is InChI=1S/C28H35O3P/c1-18(2)20-13-9-12-19(3)26(20)32(27-22(30-7)15-11-16-23(27)31-8)24-17-10-14-21(25(24)29)28(4,5)6/h9-18,29H,1-8H3. The summed E-state index contributed by atoms with van der Waals surface area (Å²) in [6.45, 7) is 13.0. The number of benzene rings is 3. The van der Waals surface area contributed by atoms with Crippen molar-refractivity contribution in [2.24, 2.45) is 0 Å². The Labute approximate surface area is 194 Å². The Morgan fingerprint density at radius 2 is 1.38 bits per heavy atom. The molecular formula is C28H35O3P. The number of para-hydroxylation sites is 1. The number of aryl methyl sites for hydroxylation is 1. The highest BCUT2D eigenvalue weighted by atomic mass is 31.1. The summed E-state index contributed by atoms with van der Waals surface area (Å²) < 4.78 is 11.7. The molecule has 0 heterocycles. The third kappa shape index (κ3) is 4.50. The summed E-state index contributed by atoms with van der Waals surface area (Å²) in [5, 5.41) is 14.8. The smallest absolute Gasteiger partial charge is 0.130 e. The molecule has 0 saturated heterocycles. The number of rotatable bonds is 6. The SMILES string of the molecule is COc1cccc(OC)c1P(c1cccc(C(C)(C)C)c1O)c1c(C)cccc1C(C)C. The molecule has 3 rings (SSSR count). The maximum atomic E-state index is 11.6. The highest BCUT2D eigenvalue weighted by molar-refractivity contribution is 7.80. The van der Waals surface area contributed by atoms with Gasteiger partial charge in [0.15, 0.2) is 0 Å². The number of hydrogen-bond acceptors (Lipinski definition) is 3. The molecule has 4 heteroatoms. The van der Waals surface area contributed by atoms with Crippen LogP contribution in [-0.2, 0) is 5.41 Å². The van der Waals surface area contributed by atoms with Crippen LogP contribution in [0.2, 0.25) is 0 Å². The fourth-order valence-electron chi connectivity index (χ4n) is 4.17. The molecule has 3 aromatic rings. The van der Waals surface area contributed by atoms with Gasteiger partial charge in [-0.3, -0.25) is 0 Å². The van der Waals surface area contributed by atoms with Gasteiger partial charge in [-0.1, -0.05) is 77.1 Å². The van der Waals surface area contributed by atoms with E-state index in [4.69, 9.17) is 9.47 Å². The molecular weight excluding hydrogens is 415 g/mol. The van der Waals surface area contributed by atoms with Crippen molar-refractivity contribution in [2.45, 2.75) is 52.9 Å². The predicted octanol–water partition coefficient (Wildman–Crippen LogP) is 5.90. The first-order valence-corrected chi connectivity index (χ1v) is 12.4. The first-order valence-electron chi connectivity index (χ1n) is 11.0. The van der Waals surface area contributed by atoms with Crippen LogP contribution >= 0.6 is 7.92 Å². The molecule has 1 unspecified atom stereocenters. The first-order chi connectivity index (χ1) is 15.1. The molecule has 0 spiro atoms. The number of hydrogen-bond donors (Lipinski definition) is 1. The largest absolute Gasteiger partial charge is 0.507 e. The van der Waals surface area contributed by atoms with Crippen LogP contribution in [0.1, 0.15) is 57.2 Å². The van der Waals surface area contributed by atoms with Crippen molar-refractivity contribution in [3.05, 3.63) is 71.3 Å². The van der Waals surface area contributed by atoms with Crippen LogP contribution in [0.25, 0.3) is 0 Å². The van der Waals surface area contributed by atoms with Crippen molar-refractivity contribution in [2.75, 3.05) is 14.2 Å². The van der Waals surface area contributed by atoms with Crippen LogP contribution in [0.5, 0.6) is 17.2 Å². The molecule has 1 N–H and O–H groups in total. The molecule has 0 saturated carbocycles. The molecule has 0 aliphatic rings. The van der Waals surface area contributed by atoms with Gasteiger partial charge >= 0.3 is 0 Å². The van der Waals surface area contributed by atoms with Crippen molar-refractivity contribution in [3.8, 4) is 17.2 Å². The Bertz CT molecular complexity index is 1070. The zero-order valence-corrected chi connectivity index (χ0v) is 21.4. The quantitative estimate of drug-likeness (QED) is 0.476. The normalized spacial score (nSPS) is 12.7. The molecule has 0 aliphatic heterocycles. The van der Waals surface area contributed by atoms with Crippen molar-refractivity contribution < 1.29 is 14.6 Å². The molecule has 1 atom stereocenters. The van der Waals surface area contributed by atoms with Gasteiger partial charge in [-0.15, -0.1) is 0 Å². The van der Waals surface area contributed by atoms with Crippen LogP contribution in [0.4, 0.5) is 0 Å². The summed E-state index contributed by atoms with van der Waals surface area (Å²) in [5.74, 6) is 2.24. The lowest BCUT2D eigenvalue weighted by molar-refractivity contribution is 0.401. The monoisotopic (exact) mass is 450 g/mol. The van der Waals surface area contributed by atoms with Crippen LogP contribution in [0.15, 0.2) is 54.6 Å². The van der Waals surface area contributed by atoms with Gasteiger partial charge in [0.2, 0.25) is 0 Å². The van der Waals surface area contributed by atoms with Gasteiger partial charge in [-0.25, -0.2) is 0 Å². The summed E-state index contributed by atoms with van der Waals surface area (Å²) in [7, 11) is 2.23. The summed E-state index contributed by atoms with van der Waals surface area (Å²) in [6, 6.07) is 18.5. The summed E-state index contributed by atoms with van der Waals surface area (Å²) in [5.41, 5.74) is 3.25. The van der Waals surface area contributed by atoms with Gasteiger partial charge in [0.25, 0.3) is 0 Å². The topological polar surface area (TPSA) is 38.7 Å². The second-order valence-electron chi connectivity index (χ2n) is 9.44. The minimum Gasteiger partial charge on any atom is -0.507 e. The van der Waals surface area contributed by atoms with Crippen LogP contribution < -0.4 is 25.4 Å². The van der Waals surface area contributed by atoms with Gasteiger partial charge in [0, 0.05) is 5.30 Å². The van der Waals surface area contributed by atoms with E-state index in [-0.39, 0.29) is 5.41 Å². The minimum atomic E-state index is -1.16. The number of phenols is 1. The molecule has 0 amide bonds. The lowest BCUT2D eigenvalue weighted by Crippen LogP contribution is -2.29. The van der Waals surface area contributed by atoms with E-state index < -0.39 is 7.92 Å². The number of methoxy groups -OCH3 is 2. The van der Waals surface area contributed by atoms with Crippen LogP contribution in [0.3, 0.4) is 0 Å². The third-order valence-electron chi connectivity index (χ3n) is 5.80. The predicted molar refractivity (Wildman–Crippen MR) is 137 cm³/mol. The first kappa shape index (κ1) is 24.1. The van der Waals surface area contributed by atoms with E-state index >= 15 is 0 Å². The molecule has 0 fully saturated rings. The van der Waals surface area contributed by atoms with E-state index in [9.17, 15) is 5.11 Å². The molecule has 0 radical (unpaired) electrons. The highest BCUT2D eigenvalue weighted by Gasteiger charge is 2.32. The zero-order chi connectivity index (χ0) is 23.6.